The van der Waals surface area contributed by atoms with Crippen molar-refractivity contribution in [3.05, 3.63) is 81.3 Å². The molecule has 0 unspecified atom stereocenters. The van der Waals surface area contributed by atoms with Gasteiger partial charge in [0, 0.05) is 22.9 Å². The number of unbranched alkanes of at least 4 members (excludes halogenated alkanes) is 2. The van der Waals surface area contributed by atoms with Crippen LogP contribution in [0.4, 0.5) is 0 Å². The van der Waals surface area contributed by atoms with Crippen LogP contribution >= 0.6 is 23.2 Å². The summed E-state index contributed by atoms with van der Waals surface area (Å²) in [6, 6.07) is 18.9. The summed E-state index contributed by atoms with van der Waals surface area (Å²) < 4.78 is 2.18. The Morgan fingerprint density at radius 2 is 1.90 bits per heavy atom. The Bertz CT molecular complexity index is 1240. The minimum absolute atomic E-state index is 0.444. The van der Waals surface area contributed by atoms with E-state index in [0.717, 1.165) is 40.2 Å². The van der Waals surface area contributed by atoms with Crippen LogP contribution in [0.1, 0.15) is 47.7 Å². The Morgan fingerprint density at radius 1 is 1.10 bits per heavy atom. The van der Waals surface area contributed by atoms with Crippen LogP contribution < -0.4 is 5.73 Å². The van der Waals surface area contributed by atoms with Crippen LogP contribution in [-0.2, 0) is 13.0 Å². The highest BCUT2D eigenvalue weighted by Gasteiger charge is 2.18. The molecule has 30 heavy (non-hydrogen) atoms. The summed E-state index contributed by atoms with van der Waals surface area (Å²) in [5.41, 5.74) is 10.3. The first-order valence-electron chi connectivity index (χ1n) is 10.2. The second-order valence-electron chi connectivity index (χ2n) is 7.59. The third kappa shape index (κ3) is 3.80. The van der Waals surface area contributed by atoms with Gasteiger partial charge in [-0.1, -0.05) is 67.2 Å². The molecule has 1 amide bonds. The SMILES string of the molecule is CCCCCc1c[c]c2c3c(C(N)=O)cccc3n(Cc3cccc(Cl)c3Cl)c2c1. The van der Waals surface area contributed by atoms with Gasteiger partial charge in [-0.2, -0.15) is 0 Å². The van der Waals surface area contributed by atoms with Crippen LogP contribution in [0.5, 0.6) is 0 Å². The van der Waals surface area contributed by atoms with Crippen molar-refractivity contribution in [2.24, 2.45) is 5.73 Å². The van der Waals surface area contributed by atoms with E-state index in [1.165, 1.54) is 18.4 Å². The van der Waals surface area contributed by atoms with Crippen LogP contribution in [0.25, 0.3) is 21.8 Å². The molecule has 0 bridgehead atoms. The number of amides is 1. The van der Waals surface area contributed by atoms with Gasteiger partial charge in [-0.05, 0) is 54.3 Å². The number of hydrogen-bond acceptors (Lipinski definition) is 1. The molecule has 0 aliphatic heterocycles. The van der Waals surface area contributed by atoms with Crippen molar-refractivity contribution >= 4 is 50.9 Å². The maximum atomic E-state index is 12.1. The molecule has 4 aromatic rings. The van der Waals surface area contributed by atoms with Gasteiger partial charge in [0.15, 0.2) is 0 Å². The Balaban J connectivity index is 1.94. The van der Waals surface area contributed by atoms with Crippen molar-refractivity contribution in [2.45, 2.75) is 39.2 Å². The average Bonchev–Trinajstić information content (AvgIpc) is 3.04. The number of halogens is 2. The number of carbonyl (C=O) groups is 1. The molecule has 0 saturated carbocycles. The van der Waals surface area contributed by atoms with Crippen molar-refractivity contribution in [3.8, 4) is 0 Å². The molecule has 2 N–H and O–H groups in total. The molecule has 0 fully saturated rings. The number of benzene rings is 3. The van der Waals surface area contributed by atoms with Crippen molar-refractivity contribution in [1.29, 1.82) is 0 Å². The molecule has 0 aliphatic carbocycles. The first-order valence-corrected chi connectivity index (χ1v) is 10.9. The van der Waals surface area contributed by atoms with E-state index in [1.54, 1.807) is 12.1 Å². The van der Waals surface area contributed by atoms with E-state index in [1.807, 2.05) is 30.3 Å². The third-order valence-electron chi connectivity index (χ3n) is 5.55. The van der Waals surface area contributed by atoms with E-state index in [0.29, 0.717) is 22.2 Å². The van der Waals surface area contributed by atoms with E-state index in [4.69, 9.17) is 28.9 Å². The van der Waals surface area contributed by atoms with Gasteiger partial charge in [-0.3, -0.25) is 4.79 Å². The summed E-state index contributed by atoms with van der Waals surface area (Å²) >= 11 is 12.7. The fraction of sp³-hybridized carbons (Fsp3) is 0.240. The second-order valence-corrected chi connectivity index (χ2v) is 8.37. The van der Waals surface area contributed by atoms with Gasteiger partial charge >= 0.3 is 0 Å². The molecular weight excluding hydrogens is 415 g/mol. The van der Waals surface area contributed by atoms with E-state index < -0.39 is 5.91 Å². The third-order valence-corrected chi connectivity index (χ3v) is 6.41. The van der Waals surface area contributed by atoms with Crippen molar-refractivity contribution in [2.75, 3.05) is 0 Å². The van der Waals surface area contributed by atoms with E-state index in [9.17, 15) is 4.79 Å². The van der Waals surface area contributed by atoms with Crippen LogP contribution in [0.3, 0.4) is 0 Å². The van der Waals surface area contributed by atoms with Gasteiger partial charge in [0.1, 0.15) is 0 Å². The molecular formula is C25H23Cl2N2O. The number of hydrogen-bond donors (Lipinski definition) is 1. The first kappa shape index (κ1) is 20.8. The number of fused-ring (bicyclic) bond motifs is 3. The summed E-state index contributed by atoms with van der Waals surface area (Å²) in [4.78, 5) is 12.1. The molecule has 153 valence electrons. The average molecular weight is 438 g/mol. The zero-order valence-electron chi connectivity index (χ0n) is 16.8. The van der Waals surface area contributed by atoms with Crippen LogP contribution in [-0.4, -0.2) is 10.5 Å². The molecule has 0 saturated heterocycles. The lowest BCUT2D eigenvalue weighted by Crippen LogP contribution is -2.11. The number of nitrogens with zero attached hydrogens (tertiary/aromatic N) is 1. The van der Waals surface area contributed by atoms with Crippen LogP contribution in [0.2, 0.25) is 10.0 Å². The maximum Gasteiger partial charge on any atom is 0.249 e. The lowest BCUT2D eigenvalue weighted by Gasteiger charge is -2.11. The molecule has 0 spiro atoms. The lowest BCUT2D eigenvalue weighted by molar-refractivity contribution is 0.100. The minimum atomic E-state index is -0.444. The first-order chi connectivity index (χ1) is 14.5. The van der Waals surface area contributed by atoms with Gasteiger partial charge in [0.25, 0.3) is 0 Å². The highest BCUT2D eigenvalue weighted by Crippen LogP contribution is 2.34. The Hall–Kier alpha value is -2.49. The molecule has 3 aromatic carbocycles. The largest absolute Gasteiger partial charge is 0.366 e. The van der Waals surface area contributed by atoms with E-state index >= 15 is 0 Å². The van der Waals surface area contributed by atoms with Crippen molar-refractivity contribution in [3.63, 3.8) is 0 Å². The topological polar surface area (TPSA) is 48.0 Å². The fourth-order valence-corrected chi connectivity index (χ4v) is 4.42. The van der Waals surface area contributed by atoms with Crippen LogP contribution in [0, 0.1) is 6.07 Å². The maximum absolute atomic E-state index is 12.1. The standard InChI is InChI=1S/C25H23Cl2N2O/c1-2-3-4-7-16-12-13-18-22(14-16)29(15-17-8-5-10-20(26)24(17)27)21-11-6-9-19(23(18)21)25(28)30/h5-6,8-12,14H,2-4,7,15H2,1H3,(H2,28,30). The number of aryl methyl sites for hydroxylation is 1. The Morgan fingerprint density at radius 3 is 2.67 bits per heavy atom. The molecule has 3 nitrogen and oxygen atoms in total. The predicted octanol–water partition coefficient (Wildman–Crippen LogP) is 6.78. The number of nitrogens with two attached hydrogens (primary N) is 1. The van der Waals surface area contributed by atoms with Gasteiger partial charge in [-0.25, -0.2) is 0 Å². The molecule has 4 rings (SSSR count). The second kappa shape index (κ2) is 8.71. The Labute approximate surface area is 186 Å². The van der Waals surface area contributed by atoms with Crippen LogP contribution in [0.15, 0.2) is 48.5 Å². The molecule has 1 aromatic heterocycles. The quantitative estimate of drug-likeness (QED) is 0.318. The molecule has 1 radical (unpaired) electrons. The van der Waals surface area contributed by atoms with Gasteiger partial charge < -0.3 is 10.3 Å². The summed E-state index contributed by atoms with van der Waals surface area (Å²) in [6.45, 7) is 2.74. The summed E-state index contributed by atoms with van der Waals surface area (Å²) in [6.07, 6.45) is 4.53. The van der Waals surface area contributed by atoms with E-state index in [2.05, 4.69) is 23.6 Å². The number of carbonyl (C=O) groups excluding carboxylic acids is 1. The molecule has 0 atom stereocenters. The zero-order chi connectivity index (χ0) is 21.3. The number of aromatic nitrogens is 1. The summed E-state index contributed by atoms with van der Waals surface area (Å²) in [5.74, 6) is -0.444. The summed E-state index contributed by atoms with van der Waals surface area (Å²) in [5, 5.41) is 2.80. The molecule has 0 aliphatic rings. The minimum Gasteiger partial charge on any atom is -0.366 e. The fourth-order valence-electron chi connectivity index (χ4n) is 4.04. The normalized spacial score (nSPS) is 11.4. The monoisotopic (exact) mass is 437 g/mol. The predicted molar refractivity (Wildman–Crippen MR) is 126 cm³/mol. The highest BCUT2D eigenvalue weighted by molar-refractivity contribution is 6.42. The molecule has 1 heterocycles. The lowest BCUT2D eigenvalue weighted by atomic mass is 10.0. The number of rotatable bonds is 7. The number of primary amides is 1. The van der Waals surface area contributed by atoms with E-state index in [-0.39, 0.29) is 0 Å². The highest BCUT2D eigenvalue weighted by atomic mass is 35.5. The zero-order valence-corrected chi connectivity index (χ0v) is 18.4. The van der Waals surface area contributed by atoms with Gasteiger partial charge in [0.2, 0.25) is 5.91 Å². The van der Waals surface area contributed by atoms with Gasteiger partial charge in [-0.15, -0.1) is 0 Å². The smallest absolute Gasteiger partial charge is 0.249 e. The van der Waals surface area contributed by atoms with Gasteiger partial charge in [0.05, 0.1) is 21.1 Å². The van der Waals surface area contributed by atoms with Crippen molar-refractivity contribution < 1.29 is 4.79 Å². The summed E-state index contributed by atoms with van der Waals surface area (Å²) in [7, 11) is 0. The molecule has 5 heteroatoms. The van der Waals surface area contributed by atoms with Crippen molar-refractivity contribution in [1.82, 2.24) is 4.57 Å². The Kier molecular flexibility index (Phi) is 6.03.